The second-order valence-electron chi connectivity index (χ2n) is 7.99. The third-order valence-electron chi connectivity index (χ3n) is 4.90. The molecule has 0 aliphatic carbocycles. The lowest BCUT2D eigenvalue weighted by Gasteiger charge is -2.34. The van der Waals surface area contributed by atoms with E-state index < -0.39 is 5.60 Å². The summed E-state index contributed by atoms with van der Waals surface area (Å²) in [5.74, 6) is 2.41. The molecule has 0 saturated carbocycles. The Bertz CT molecular complexity index is 856. The molecule has 0 amide bonds. The molecule has 29 heavy (non-hydrogen) atoms. The van der Waals surface area contributed by atoms with Crippen LogP contribution in [0, 0.1) is 0 Å². The molecule has 1 aliphatic rings. The maximum Gasteiger partial charge on any atom is 0.131 e. The molecule has 2 aromatic rings. The minimum Gasteiger partial charge on any atom is -0.497 e. The summed E-state index contributed by atoms with van der Waals surface area (Å²) in [5, 5.41) is 0. The van der Waals surface area contributed by atoms with E-state index in [0.717, 1.165) is 40.5 Å². The molecule has 1 atom stereocenters. The van der Waals surface area contributed by atoms with Crippen LogP contribution in [0.2, 0.25) is 0 Å². The first-order valence-electron chi connectivity index (χ1n) is 9.83. The van der Waals surface area contributed by atoms with E-state index in [4.69, 9.17) is 18.9 Å². The minimum atomic E-state index is -0.454. The maximum absolute atomic E-state index is 6.42. The van der Waals surface area contributed by atoms with Gasteiger partial charge in [0.25, 0.3) is 0 Å². The van der Waals surface area contributed by atoms with Crippen LogP contribution in [-0.2, 0) is 4.74 Å². The number of nitrogens with zero attached hydrogens (tertiary/aromatic N) is 1. The number of fused-ring (bicyclic) bond motifs is 1. The first-order chi connectivity index (χ1) is 13.8. The van der Waals surface area contributed by atoms with Gasteiger partial charge in [0, 0.05) is 18.2 Å². The summed E-state index contributed by atoms with van der Waals surface area (Å²) in [6, 6.07) is 14.0. The third kappa shape index (κ3) is 5.11. The van der Waals surface area contributed by atoms with Crippen LogP contribution in [-0.4, -0.2) is 52.0 Å². The monoisotopic (exact) mass is 397 g/mol. The summed E-state index contributed by atoms with van der Waals surface area (Å²) in [5.41, 5.74) is 2.75. The van der Waals surface area contributed by atoms with Crippen molar-refractivity contribution in [2.45, 2.75) is 25.6 Å². The number of methoxy groups -OCH3 is 2. The summed E-state index contributed by atoms with van der Waals surface area (Å²) < 4.78 is 23.4. The molecule has 0 spiro atoms. The Morgan fingerprint density at radius 1 is 0.966 bits per heavy atom. The van der Waals surface area contributed by atoms with E-state index in [-0.39, 0.29) is 6.10 Å². The largest absolute Gasteiger partial charge is 0.497 e. The van der Waals surface area contributed by atoms with Crippen LogP contribution in [0.25, 0.3) is 5.57 Å². The predicted molar refractivity (Wildman–Crippen MR) is 116 cm³/mol. The van der Waals surface area contributed by atoms with Gasteiger partial charge in [0.2, 0.25) is 0 Å². The number of benzene rings is 2. The molecule has 2 aromatic carbocycles. The summed E-state index contributed by atoms with van der Waals surface area (Å²) in [6.45, 7) is 5.57. The molecule has 5 heteroatoms. The minimum absolute atomic E-state index is 0.212. The quantitative estimate of drug-likeness (QED) is 0.652. The van der Waals surface area contributed by atoms with Crippen LogP contribution < -0.4 is 14.2 Å². The van der Waals surface area contributed by atoms with Crippen molar-refractivity contribution in [2.24, 2.45) is 0 Å². The molecular weight excluding hydrogens is 366 g/mol. The Morgan fingerprint density at radius 2 is 1.62 bits per heavy atom. The van der Waals surface area contributed by atoms with Gasteiger partial charge in [0.15, 0.2) is 0 Å². The van der Waals surface area contributed by atoms with Crippen molar-refractivity contribution in [3.63, 3.8) is 0 Å². The number of hydrogen-bond donors (Lipinski definition) is 0. The zero-order chi connectivity index (χ0) is 21.0. The van der Waals surface area contributed by atoms with Crippen LogP contribution >= 0.6 is 0 Å². The first kappa shape index (κ1) is 21.2. The number of likely N-dealkylation sites (N-methyl/N-ethyl adjacent to an activating group) is 1. The van der Waals surface area contributed by atoms with Gasteiger partial charge in [0.1, 0.15) is 29.0 Å². The number of rotatable bonds is 8. The Kier molecular flexibility index (Phi) is 6.50. The van der Waals surface area contributed by atoms with Gasteiger partial charge in [-0.05, 0) is 69.4 Å². The summed E-state index contributed by atoms with van der Waals surface area (Å²) >= 11 is 0. The van der Waals surface area contributed by atoms with Gasteiger partial charge < -0.3 is 23.8 Å². The highest BCUT2D eigenvalue weighted by molar-refractivity contribution is 5.77. The van der Waals surface area contributed by atoms with E-state index in [2.05, 4.69) is 37.0 Å². The van der Waals surface area contributed by atoms with Crippen molar-refractivity contribution in [1.29, 1.82) is 0 Å². The van der Waals surface area contributed by atoms with Gasteiger partial charge in [-0.1, -0.05) is 12.1 Å². The molecule has 1 aliphatic heterocycles. The number of ether oxygens (including phenoxy) is 4. The Labute approximate surface area is 173 Å². The Hall–Kier alpha value is -2.50. The SMILES string of the molecule is COc1ccc(C(OCCN(C)C)C2=CC(C)(C)Oc3cc(OC)ccc32)cc1. The second kappa shape index (κ2) is 8.89. The smallest absolute Gasteiger partial charge is 0.131 e. The van der Waals surface area contributed by atoms with Crippen molar-refractivity contribution in [3.8, 4) is 17.2 Å². The van der Waals surface area contributed by atoms with Crippen molar-refractivity contribution in [1.82, 2.24) is 4.90 Å². The van der Waals surface area contributed by atoms with E-state index >= 15 is 0 Å². The van der Waals surface area contributed by atoms with Crippen molar-refractivity contribution in [3.05, 3.63) is 59.7 Å². The fraction of sp³-hybridized carbons (Fsp3) is 0.417. The fourth-order valence-corrected chi connectivity index (χ4v) is 3.43. The van der Waals surface area contributed by atoms with Crippen molar-refractivity contribution >= 4 is 5.57 Å². The lowest BCUT2D eigenvalue weighted by Crippen LogP contribution is -2.30. The topological polar surface area (TPSA) is 40.2 Å². The summed E-state index contributed by atoms with van der Waals surface area (Å²) in [6.07, 6.45) is 1.95. The van der Waals surface area contributed by atoms with Crippen LogP contribution in [0.3, 0.4) is 0 Å². The molecule has 0 fully saturated rings. The standard InChI is InChI=1S/C24H31NO4/c1-24(2)16-21(20-12-11-19(27-6)15-22(20)29-24)23(28-14-13-25(3)4)17-7-9-18(26-5)10-8-17/h7-12,15-16,23H,13-14H2,1-6H3. The molecule has 0 bridgehead atoms. The molecule has 5 nitrogen and oxygen atoms in total. The Morgan fingerprint density at radius 3 is 2.24 bits per heavy atom. The van der Waals surface area contributed by atoms with Gasteiger partial charge in [-0.15, -0.1) is 0 Å². The molecule has 0 aromatic heterocycles. The average molecular weight is 398 g/mol. The van der Waals surface area contributed by atoms with Crippen LogP contribution in [0.1, 0.15) is 31.1 Å². The zero-order valence-electron chi connectivity index (χ0n) is 18.2. The highest BCUT2D eigenvalue weighted by Crippen LogP contribution is 2.45. The highest BCUT2D eigenvalue weighted by Gasteiger charge is 2.32. The van der Waals surface area contributed by atoms with Crippen molar-refractivity contribution in [2.75, 3.05) is 41.5 Å². The molecular formula is C24H31NO4. The highest BCUT2D eigenvalue weighted by atomic mass is 16.5. The molecule has 3 rings (SSSR count). The predicted octanol–water partition coefficient (Wildman–Crippen LogP) is 4.58. The van der Waals surface area contributed by atoms with Crippen LogP contribution in [0.4, 0.5) is 0 Å². The molecule has 1 heterocycles. The zero-order valence-corrected chi connectivity index (χ0v) is 18.2. The molecule has 156 valence electrons. The lowest BCUT2D eigenvalue weighted by molar-refractivity contribution is 0.0758. The van der Waals surface area contributed by atoms with Crippen LogP contribution in [0.15, 0.2) is 48.5 Å². The van der Waals surface area contributed by atoms with E-state index in [9.17, 15) is 0 Å². The maximum atomic E-state index is 6.42. The molecule has 1 unspecified atom stereocenters. The molecule has 0 saturated heterocycles. The van der Waals surface area contributed by atoms with Crippen molar-refractivity contribution < 1.29 is 18.9 Å². The van der Waals surface area contributed by atoms with Gasteiger partial charge in [-0.25, -0.2) is 0 Å². The van der Waals surface area contributed by atoms with Gasteiger partial charge >= 0.3 is 0 Å². The van der Waals surface area contributed by atoms with Gasteiger partial charge in [-0.2, -0.15) is 0 Å². The normalized spacial score (nSPS) is 15.9. The Balaban J connectivity index is 2.03. The van der Waals surface area contributed by atoms with E-state index in [1.165, 1.54) is 0 Å². The van der Waals surface area contributed by atoms with E-state index in [0.29, 0.717) is 6.61 Å². The van der Waals surface area contributed by atoms with E-state index in [1.807, 2.05) is 44.4 Å². The third-order valence-corrected chi connectivity index (χ3v) is 4.90. The van der Waals surface area contributed by atoms with Gasteiger partial charge in [-0.3, -0.25) is 0 Å². The molecule has 0 radical (unpaired) electrons. The van der Waals surface area contributed by atoms with E-state index in [1.54, 1.807) is 14.2 Å². The number of hydrogen-bond acceptors (Lipinski definition) is 5. The molecule has 0 N–H and O–H groups in total. The summed E-state index contributed by atoms with van der Waals surface area (Å²) in [4.78, 5) is 2.12. The summed E-state index contributed by atoms with van der Waals surface area (Å²) in [7, 11) is 7.43. The fourth-order valence-electron chi connectivity index (χ4n) is 3.43. The second-order valence-corrected chi connectivity index (χ2v) is 7.99. The van der Waals surface area contributed by atoms with Crippen LogP contribution in [0.5, 0.6) is 17.2 Å². The average Bonchev–Trinajstić information content (AvgIpc) is 2.69. The van der Waals surface area contributed by atoms with Gasteiger partial charge in [0.05, 0.1) is 20.8 Å². The first-order valence-corrected chi connectivity index (χ1v) is 9.83. The lowest BCUT2D eigenvalue weighted by atomic mass is 9.88.